The molecular formula is C19H29N3O3. The van der Waals surface area contributed by atoms with Crippen molar-refractivity contribution in [1.29, 1.82) is 0 Å². The molecule has 0 aromatic carbocycles. The molecule has 2 saturated heterocycles. The van der Waals surface area contributed by atoms with Crippen LogP contribution in [0.2, 0.25) is 0 Å². The number of carbonyl (C=O) groups excluding carboxylic acids is 1. The van der Waals surface area contributed by atoms with E-state index in [0.717, 1.165) is 52.1 Å². The maximum Gasteiger partial charge on any atom is 0.272 e. The smallest absolute Gasteiger partial charge is 0.272 e. The number of likely N-dealkylation sites (N-methyl/N-ethyl adjacent to an activating group) is 1. The first-order chi connectivity index (χ1) is 12.1. The minimum absolute atomic E-state index is 0.0175. The summed E-state index contributed by atoms with van der Waals surface area (Å²) < 4.78 is 11.4. The van der Waals surface area contributed by atoms with Crippen LogP contribution in [0, 0.1) is 5.92 Å². The van der Waals surface area contributed by atoms with Crippen LogP contribution >= 0.6 is 0 Å². The molecule has 0 radical (unpaired) electrons. The molecule has 0 bridgehead atoms. The molecule has 0 unspecified atom stereocenters. The van der Waals surface area contributed by atoms with Gasteiger partial charge in [0, 0.05) is 32.9 Å². The molecule has 0 N–H and O–H groups in total. The average Bonchev–Trinajstić information content (AvgIpc) is 3.01. The molecule has 2 atom stereocenters. The Hall–Kier alpha value is -1.50. The molecule has 1 amide bonds. The van der Waals surface area contributed by atoms with Gasteiger partial charge in [-0.25, -0.2) is 0 Å². The van der Waals surface area contributed by atoms with Crippen molar-refractivity contribution < 1.29 is 14.3 Å². The molecular weight excluding hydrogens is 318 g/mol. The average molecular weight is 347 g/mol. The third kappa shape index (κ3) is 4.57. The van der Waals surface area contributed by atoms with Crippen LogP contribution in [-0.4, -0.2) is 79.8 Å². The van der Waals surface area contributed by atoms with Crippen molar-refractivity contribution in [1.82, 2.24) is 14.8 Å². The summed E-state index contributed by atoms with van der Waals surface area (Å²) in [5.41, 5.74) is 0.350. The van der Waals surface area contributed by atoms with Crippen LogP contribution in [0.1, 0.15) is 29.8 Å². The first-order valence-electron chi connectivity index (χ1n) is 9.14. The summed E-state index contributed by atoms with van der Waals surface area (Å²) in [7, 11) is 3.86. The Balaban J connectivity index is 1.57. The van der Waals surface area contributed by atoms with Crippen LogP contribution in [0.15, 0.2) is 24.4 Å². The molecule has 6 heteroatoms. The summed E-state index contributed by atoms with van der Waals surface area (Å²) >= 11 is 0. The molecule has 0 aliphatic carbocycles. The lowest BCUT2D eigenvalue weighted by atomic mass is 9.86. The highest BCUT2D eigenvalue weighted by atomic mass is 16.5. The van der Waals surface area contributed by atoms with E-state index in [0.29, 0.717) is 18.2 Å². The predicted molar refractivity (Wildman–Crippen MR) is 95.5 cm³/mol. The van der Waals surface area contributed by atoms with Crippen LogP contribution in [0.4, 0.5) is 0 Å². The zero-order chi connectivity index (χ0) is 17.7. The molecule has 138 valence electrons. The fourth-order valence-electron chi connectivity index (χ4n) is 4.04. The first kappa shape index (κ1) is 18.3. The molecule has 1 spiro atoms. The number of amides is 1. The Labute approximate surface area is 150 Å². The Morgan fingerprint density at radius 2 is 2.40 bits per heavy atom. The number of aromatic nitrogens is 1. The van der Waals surface area contributed by atoms with Crippen molar-refractivity contribution in [3.63, 3.8) is 0 Å². The van der Waals surface area contributed by atoms with Gasteiger partial charge in [-0.05, 0) is 44.4 Å². The minimum Gasteiger partial charge on any atom is -0.383 e. The van der Waals surface area contributed by atoms with Gasteiger partial charge in [-0.15, -0.1) is 0 Å². The van der Waals surface area contributed by atoms with Crippen molar-refractivity contribution in [3.8, 4) is 0 Å². The van der Waals surface area contributed by atoms with E-state index in [1.54, 1.807) is 19.4 Å². The summed E-state index contributed by atoms with van der Waals surface area (Å²) in [5.74, 6) is 0.538. The van der Waals surface area contributed by atoms with Gasteiger partial charge in [-0.2, -0.15) is 0 Å². The fourth-order valence-corrected chi connectivity index (χ4v) is 4.04. The molecule has 2 fully saturated rings. The van der Waals surface area contributed by atoms with Gasteiger partial charge in [0.25, 0.3) is 5.91 Å². The number of pyridine rings is 1. The Bertz CT molecular complexity index is 568. The van der Waals surface area contributed by atoms with Gasteiger partial charge < -0.3 is 19.3 Å². The SMILES string of the molecule is COCCN(C)C[C@H]1CO[C@@]2(CCCN(C(=O)c3ccccn3)C2)C1. The quantitative estimate of drug-likeness (QED) is 0.784. The normalized spacial score (nSPS) is 26.5. The van der Waals surface area contributed by atoms with E-state index in [1.807, 2.05) is 17.0 Å². The molecule has 0 saturated carbocycles. The Morgan fingerprint density at radius 3 is 3.16 bits per heavy atom. The topological polar surface area (TPSA) is 54.9 Å². The number of ether oxygens (including phenoxy) is 2. The first-order valence-corrected chi connectivity index (χ1v) is 9.14. The van der Waals surface area contributed by atoms with Gasteiger partial charge in [0.15, 0.2) is 0 Å². The highest BCUT2D eigenvalue weighted by Crippen LogP contribution is 2.38. The summed E-state index contributed by atoms with van der Waals surface area (Å²) in [5, 5.41) is 0. The second kappa shape index (κ2) is 8.25. The van der Waals surface area contributed by atoms with Gasteiger partial charge in [0.05, 0.1) is 25.4 Å². The molecule has 2 aliphatic rings. The van der Waals surface area contributed by atoms with Crippen LogP contribution in [0.25, 0.3) is 0 Å². The number of piperidine rings is 1. The van der Waals surface area contributed by atoms with Crippen LogP contribution in [-0.2, 0) is 9.47 Å². The number of nitrogens with zero attached hydrogens (tertiary/aromatic N) is 3. The summed E-state index contributed by atoms with van der Waals surface area (Å²) in [4.78, 5) is 21.1. The van der Waals surface area contributed by atoms with E-state index in [9.17, 15) is 4.79 Å². The van der Waals surface area contributed by atoms with Gasteiger partial charge >= 0.3 is 0 Å². The van der Waals surface area contributed by atoms with Gasteiger partial charge in [-0.3, -0.25) is 9.78 Å². The van der Waals surface area contributed by atoms with E-state index in [2.05, 4.69) is 16.9 Å². The standard InChI is InChI=1S/C19H29N3O3/c1-21(10-11-24-2)13-16-12-19(25-14-16)7-5-9-22(15-19)18(23)17-6-3-4-8-20-17/h3-4,6,8,16H,5,7,9-15H2,1-2H3/t16-,19-/m0/s1. The molecule has 2 aliphatic heterocycles. The van der Waals surface area contributed by atoms with Gasteiger partial charge in [0.1, 0.15) is 5.69 Å². The second-order valence-electron chi connectivity index (χ2n) is 7.36. The molecule has 3 heterocycles. The number of likely N-dealkylation sites (tertiary alicyclic amines) is 1. The van der Waals surface area contributed by atoms with Crippen molar-refractivity contribution in [2.45, 2.75) is 24.9 Å². The summed E-state index contributed by atoms with van der Waals surface area (Å²) in [6.07, 6.45) is 4.73. The number of hydrogen-bond acceptors (Lipinski definition) is 5. The van der Waals surface area contributed by atoms with Crippen molar-refractivity contribution >= 4 is 5.91 Å². The summed E-state index contributed by atoms with van der Waals surface area (Å²) in [6, 6.07) is 5.48. The van der Waals surface area contributed by atoms with Crippen LogP contribution in [0.3, 0.4) is 0 Å². The van der Waals surface area contributed by atoms with Crippen molar-refractivity contribution in [3.05, 3.63) is 30.1 Å². The zero-order valence-corrected chi connectivity index (χ0v) is 15.3. The highest BCUT2D eigenvalue weighted by Gasteiger charge is 2.44. The Kier molecular flexibility index (Phi) is 6.04. The third-order valence-corrected chi connectivity index (χ3v) is 5.24. The lowest BCUT2D eigenvalue weighted by Crippen LogP contribution is -2.50. The van der Waals surface area contributed by atoms with E-state index in [4.69, 9.17) is 9.47 Å². The van der Waals surface area contributed by atoms with E-state index >= 15 is 0 Å². The monoisotopic (exact) mass is 347 g/mol. The van der Waals surface area contributed by atoms with E-state index < -0.39 is 0 Å². The lowest BCUT2D eigenvalue weighted by molar-refractivity contribution is -0.0451. The van der Waals surface area contributed by atoms with Gasteiger partial charge in [-0.1, -0.05) is 6.07 Å². The van der Waals surface area contributed by atoms with Crippen LogP contribution in [0.5, 0.6) is 0 Å². The number of methoxy groups -OCH3 is 1. The predicted octanol–water partition coefficient (Wildman–Crippen LogP) is 1.67. The Morgan fingerprint density at radius 1 is 1.52 bits per heavy atom. The number of carbonyl (C=O) groups is 1. The molecule has 1 aromatic heterocycles. The maximum absolute atomic E-state index is 12.7. The highest BCUT2D eigenvalue weighted by molar-refractivity contribution is 5.92. The van der Waals surface area contributed by atoms with Gasteiger partial charge in [0.2, 0.25) is 0 Å². The third-order valence-electron chi connectivity index (χ3n) is 5.24. The number of rotatable bonds is 6. The lowest BCUT2D eigenvalue weighted by Gasteiger charge is -2.39. The van der Waals surface area contributed by atoms with Crippen molar-refractivity contribution in [2.75, 3.05) is 53.6 Å². The molecule has 1 aromatic rings. The van der Waals surface area contributed by atoms with E-state index in [-0.39, 0.29) is 11.5 Å². The second-order valence-corrected chi connectivity index (χ2v) is 7.36. The van der Waals surface area contributed by atoms with Crippen LogP contribution < -0.4 is 0 Å². The maximum atomic E-state index is 12.7. The van der Waals surface area contributed by atoms with E-state index in [1.165, 1.54) is 0 Å². The number of hydrogen-bond donors (Lipinski definition) is 0. The summed E-state index contributed by atoms with van der Waals surface area (Å²) in [6.45, 7) is 4.95. The minimum atomic E-state index is -0.171. The fraction of sp³-hybridized carbons (Fsp3) is 0.684. The molecule has 3 rings (SSSR count). The largest absolute Gasteiger partial charge is 0.383 e. The van der Waals surface area contributed by atoms with Crippen molar-refractivity contribution in [2.24, 2.45) is 5.92 Å². The zero-order valence-electron chi connectivity index (χ0n) is 15.3. The molecule has 25 heavy (non-hydrogen) atoms. The molecule has 6 nitrogen and oxygen atoms in total.